The van der Waals surface area contributed by atoms with Crippen LogP contribution in [0.15, 0.2) is 41.7 Å². The first-order chi connectivity index (χ1) is 22.0. The van der Waals surface area contributed by atoms with Crippen LogP contribution in [-0.4, -0.2) is 99.6 Å². The molecule has 0 bridgehead atoms. The van der Waals surface area contributed by atoms with Crippen molar-refractivity contribution in [1.29, 1.82) is 0 Å². The first-order valence-corrected chi connectivity index (χ1v) is 16.9. The number of anilines is 1. The van der Waals surface area contributed by atoms with Gasteiger partial charge in [0.05, 0.1) is 34.8 Å². The minimum atomic E-state index is -0.438. The summed E-state index contributed by atoms with van der Waals surface area (Å²) in [5.74, 6) is 2.14. The maximum atomic E-state index is 13.9. The SMILES string of the molecule is Cn1cnc(-c2ccc(C3=CCN(C(=O)CN4CC[C@]5(CCN(c6ccc7c(n6)C(C6CCOCC6)=NC7)C5=O)C4)CC3)s2)n1. The third-order valence-electron chi connectivity index (χ3n) is 10.1. The first kappa shape index (κ1) is 28.7. The molecule has 0 aromatic carbocycles. The van der Waals surface area contributed by atoms with Crippen molar-refractivity contribution in [2.75, 3.05) is 57.4 Å². The van der Waals surface area contributed by atoms with Crippen molar-refractivity contribution in [3.8, 4) is 10.7 Å². The maximum Gasteiger partial charge on any atom is 0.237 e. The van der Waals surface area contributed by atoms with E-state index >= 15 is 0 Å². The third-order valence-corrected chi connectivity index (χ3v) is 11.3. The zero-order chi connectivity index (χ0) is 30.5. The van der Waals surface area contributed by atoms with E-state index in [2.05, 4.69) is 39.3 Å². The smallest absolute Gasteiger partial charge is 0.237 e. The predicted molar refractivity (Wildman–Crippen MR) is 172 cm³/mol. The van der Waals surface area contributed by atoms with Crippen LogP contribution in [0.4, 0.5) is 5.82 Å². The van der Waals surface area contributed by atoms with Crippen LogP contribution in [-0.2, 0) is 27.9 Å². The fraction of sp³-hybridized carbons (Fsp3) is 0.515. The Bertz CT molecular complexity index is 1700. The molecule has 0 N–H and O–H groups in total. The summed E-state index contributed by atoms with van der Waals surface area (Å²) in [6.45, 7) is 5.92. The Kier molecular flexibility index (Phi) is 7.38. The molecule has 2 amide bonds. The number of hydrogen-bond acceptors (Lipinski definition) is 9. The van der Waals surface area contributed by atoms with Gasteiger partial charge in [0, 0.05) is 62.8 Å². The number of likely N-dealkylation sites (tertiary alicyclic amines) is 1. The Hall–Kier alpha value is -3.74. The molecular formula is C33H38N8O3S. The molecule has 1 atom stereocenters. The molecule has 8 heterocycles. The lowest BCUT2D eigenvalue weighted by molar-refractivity contribution is -0.132. The molecule has 234 valence electrons. The molecule has 0 radical (unpaired) electrons. The van der Waals surface area contributed by atoms with E-state index in [1.807, 2.05) is 22.9 Å². The molecule has 0 aliphatic carbocycles. The van der Waals surface area contributed by atoms with Gasteiger partial charge in [-0.2, -0.15) is 5.10 Å². The summed E-state index contributed by atoms with van der Waals surface area (Å²) in [6, 6.07) is 8.28. The van der Waals surface area contributed by atoms with Crippen molar-refractivity contribution in [3.05, 3.63) is 52.8 Å². The van der Waals surface area contributed by atoms with Crippen LogP contribution < -0.4 is 4.90 Å². The largest absolute Gasteiger partial charge is 0.381 e. The normalized spacial score (nSPS) is 24.1. The number of carbonyl (C=O) groups is 2. The summed E-state index contributed by atoms with van der Waals surface area (Å²) < 4.78 is 7.27. The number of hydrogen-bond donors (Lipinski definition) is 0. The number of aryl methyl sites for hydroxylation is 1. The Balaban J connectivity index is 0.879. The second kappa shape index (κ2) is 11.6. The standard InChI is InChI=1S/C33H38N8O3S/c1-38-21-35-31(37-38)26-4-3-25(45-26)22-6-12-40(13-7-22)28(42)19-39-14-10-33(20-39)11-15-41(32(33)43)27-5-2-24-18-34-29(30(24)36-27)23-8-16-44-17-9-23/h2-6,21,23H,7-20H2,1H3/t33-/m0/s1. The maximum absolute atomic E-state index is 13.9. The molecule has 3 fully saturated rings. The summed E-state index contributed by atoms with van der Waals surface area (Å²) in [4.78, 5) is 49.7. The molecule has 8 rings (SSSR count). The van der Waals surface area contributed by atoms with E-state index < -0.39 is 5.41 Å². The van der Waals surface area contributed by atoms with E-state index in [0.29, 0.717) is 45.2 Å². The fourth-order valence-electron chi connectivity index (χ4n) is 7.52. The average Bonchev–Trinajstić information content (AvgIpc) is 3.91. The van der Waals surface area contributed by atoms with Gasteiger partial charge in [0.1, 0.15) is 12.1 Å². The molecule has 11 nitrogen and oxygen atoms in total. The summed E-state index contributed by atoms with van der Waals surface area (Å²) >= 11 is 1.69. The monoisotopic (exact) mass is 626 g/mol. The van der Waals surface area contributed by atoms with Gasteiger partial charge in [-0.15, -0.1) is 11.3 Å². The van der Waals surface area contributed by atoms with E-state index in [1.54, 1.807) is 22.3 Å². The van der Waals surface area contributed by atoms with Crippen molar-refractivity contribution in [1.82, 2.24) is 29.5 Å². The van der Waals surface area contributed by atoms with Gasteiger partial charge in [0.25, 0.3) is 0 Å². The van der Waals surface area contributed by atoms with Crippen molar-refractivity contribution < 1.29 is 14.3 Å². The molecule has 5 aliphatic rings. The number of nitrogens with zero attached hydrogens (tertiary/aromatic N) is 8. The quantitative estimate of drug-likeness (QED) is 0.413. The highest BCUT2D eigenvalue weighted by molar-refractivity contribution is 7.16. The van der Waals surface area contributed by atoms with Gasteiger partial charge in [-0.25, -0.2) is 9.97 Å². The Morgan fingerprint density at radius 3 is 2.73 bits per heavy atom. The lowest BCUT2D eigenvalue weighted by Gasteiger charge is -2.29. The highest BCUT2D eigenvalue weighted by atomic mass is 32.1. The van der Waals surface area contributed by atoms with Crippen molar-refractivity contribution in [2.24, 2.45) is 23.4 Å². The highest BCUT2D eigenvalue weighted by Crippen LogP contribution is 2.42. The number of carbonyl (C=O) groups excluding carboxylic acids is 2. The van der Waals surface area contributed by atoms with Crippen LogP contribution in [0.2, 0.25) is 0 Å². The summed E-state index contributed by atoms with van der Waals surface area (Å²) in [5.41, 5.74) is 4.04. The van der Waals surface area contributed by atoms with E-state index in [0.717, 1.165) is 85.4 Å². The van der Waals surface area contributed by atoms with Crippen LogP contribution in [0.25, 0.3) is 16.3 Å². The molecule has 45 heavy (non-hydrogen) atoms. The average molecular weight is 627 g/mol. The Labute approximate surface area is 266 Å². The van der Waals surface area contributed by atoms with E-state index in [4.69, 9.17) is 14.7 Å². The van der Waals surface area contributed by atoms with Crippen LogP contribution in [0.3, 0.4) is 0 Å². The zero-order valence-corrected chi connectivity index (χ0v) is 26.5. The summed E-state index contributed by atoms with van der Waals surface area (Å²) in [7, 11) is 1.87. The predicted octanol–water partition coefficient (Wildman–Crippen LogP) is 3.41. The van der Waals surface area contributed by atoms with Gasteiger partial charge < -0.3 is 9.64 Å². The fourth-order valence-corrected chi connectivity index (χ4v) is 8.53. The lowest BCUT2D eigenvalue weighted by Crippen LogP contribution is -2.43. The zero-order valence-electron chi connectivity index (χ0n) is 25.7. The number of ether oxygens (including phenoxy) is 1. The van der Waals surface area contributed by atoms with Crippen molar-refractivity contribution in [3.63, 3.8) is 0 Å². The Morgan fingerprint density at radius 1 is 1.09 bits per heavy atom. The van der Waals surface area contributed by atoms with Crippen LogP contribution in [0.5, 0.6) is 0 Å². The van der Waals surface area contributed by atoms with Gasteiger partial charge in [-0.05, 0) is 62.4 Å². The van der Waals surface area contributed by atoms with Gasteiger partial charge >= 0.3 is 0 Å². The molecule has 1 spiro atoms. The lowest BCUT2D eigenvalue weighted by atomic mass is 9.85. The topological polar surface area (TPSA) is 109 Å². The first-order valence-electron chi connectivity index (χ1n) is 16.1. The van der Waals surface area contributed by atoms with Gasteiger partial charge in [0.2, 0.25) is 11.8 Å². The molecule has 5 aliphatic heterocycles. The number of amides is 2. The van der Waals surface area contributed by atoms with Gasteiger partial charge in [0.15, 0.2) is 5.82 Å². The van der Waals surface area contributed by atoms with E-state index in [-0.39, 0.29) is 11.8 Å². The minimum absolute atomic E-state index is 0.134. The van der Waals surface area contributed by atoms with Crippen LogP contribution >= 0.6 is 11.3 Å². The molecule has 3 aromatic heterocycles. The number of rotatable bonds is 6. The molecule has 3 saturated heterocycles. The number of thiophene rings is 1. The van der Waals surface area contributed by atoms with Crippen molar-refractivity contribution >= 4 is 40.3 Å². The van der Waals surface area contributed by atoms with E-state index in [9.17, 15) is 9.59 Å². The Morgan fingerprint density at radius 2 is 1.93 bits per heavy atom. The van der Waals surface area contributed by atoms with Gasteiger partial charge in [-0.1, -0.05) is 12.1 Å². The molecular weight excluding hydrogens is 588 g/mol. The molecule has 0 saturated carbocycles. The van der Waals surface area contributed by atoms with Crippen LogP contribution in [0.1, 0.15) is 48.2 Å². The van der Waals surface area contributed by atoms with Gasteiger partial charge in [-0.3, -0.25) is 29.1 Å². The molecule has 3 aromatic rings. The number of pyridine rings is 1. The van der Waals surface area contributed by atoms with Crippen LogP contribution in [0, 0.1) is 11.3 Å². The molecule has 12 heteroatoms. The summed E-state index contributed by atoms with van der Waals surface area (Å²) in [5, 5.41) is 4.41. The number of aliphatic imine (C=N–C) groups is 1. The van der Waals surface area contributed by atoms with Crippen molar-refractivity contribution in [2.45, 2.75) is 38.6 Å². The second-order valence-corrected chi connectivity index (χ2v) is 14.0. The van der Waals surface area contributed by atoms with E-state index in [1.165, 1.54) is 10.5 Å². The minimum Gasteiger partial charge on any atom is -0.381 e. The number of aromatic nitrogens is 4. The highest BCUT2D eigenvalue weighted by Gasteiger charge is 2.51. The number of fused-ring (bicyclic) bond motifs is 1. The second-order valence-electron chi connectivity index (χ2n) is 12.9. The summed E-state index contributed by atoms with van der Waals surface area (Å²) in [6.07, 6.45) is 8.23. The molecule has 0 unspecified atom stereocenters. The third kappa shape index (κ3) is 5.32.